The van der Waals surface area contributed by atoms with Crippen LogP contribution in [0.15, 0.2) is 53.8 Å². The van der Waals surface area contributed by atoms with Crippen molar-refractivity contribution >= 4 is 5.69 Å². The highest BCUT2D eigenvalue weighted by Crippen LogP contribution is 2.30. The second-order valence-electron chi connectivity index (χ2n) is 4.86. The maximum atomic E-state index is 13.4. The third kappa shape index (κ3) is 3.07. The summed E-state index contributed by atoms with van der Waals surface area (Å²) >= 11 is 0. The Hall–Kier alpha value is -3.29. The van der Waals surface area contributed by atoms with Crippen LogP contribution in [0.4, 0.5) is 14.5 Å². The molecule has 3 rings (SSSR count). The number of hydrogen-bond donors (Lipinski definition) is 1. The van der Waals surface area contributed by atoms with Gasteiger partial charge in [-0.2, -0.15) is 0 Å². The molecule has 120 valence electrons. The SMILES string of the molecule is [N-]=[N+]=Nc1ccc(F)cc1C(O)c1cn(-c2ccc(F)cc2)nn1. The zero-order valence-corrected chi connectivity index (χ0v) is 12.1. The maximum Gasteiger partial charge on any atom is 0.125 e. The summed E-state index contributed by atoms with van der Waals surface area (Å²) in [5, 5.41) is 21.5. The summed E-state index contributed by atoms with van der Waals surface area (Å²) in [6, 6.07) is 8.96. The number of halogens is 2. The van der Waals surface area contributed by atoms with Gasteiger partial charge in [-0.1, -0.05) is 10.3 Å². The third-order valence-electron chi connectivity index (χ3n) is 3.32. The average Bonchev–Trinajstić information content (AvgIpc) is 3.07. The average molecular weight is 328 g/mol. The van der Waals surface area contributed by atoms with Crippen LogP contribution in [0.5, 0.6) is 0 Å². The van der Waals surface area contributed by atoms with Gasteiger partial charge < -0.3 is 5.11 Å². The van der Waals surface area contributed by atoms with Gasteiger partial charge in [0.05, 0.1) is 11.9 Å². The lowest BCUT2D eigenvalue weighted by molar-refractivity contribution is 0.215. The molecule has 9 heteroatoms. The van der Waals surface area contributed by atoms with Crippen molar-refractivity contribution in [1.29, 1.82) is 0 Å². The molecule has 1 N–H and O–H groups in total. The van der Waals surface area contributed by atoms with Crippen molar-refractivity contribution in [3.8, 4) is 5.69 Å². The molecular formula is C15H10F2N6O. The van der Waals surface area contributed by atoms with Crippen LogP contribution < -0.4 is 0 Å². The summed E-state index contributed by atoms with van der Waals surface area (Å²) < 4.78 is 27.7. The van der Waals surface area contributed by atoms with E-state index in [2.05, 4.69) is 20.3 Å². The Kier molecular flexibility index (Phi) is 4.19. The molecule has 3 aromatic rings. The van der Waals surface area contributed by atoms with Crippen molar-refractivity contribution in [1.82, 2.24) is 15.0 Å². The molecule has 1 atom stereocenters. The smallest absolute Gasteiger partial charge is 0.125 e. The molecule has 0 amide bonds. The van der Waals surface area contributed by atoms with Crippen LogP contribution in [0.3, 0.4) is 0 Å². The number of hydrogen-bond acceptors (Lipinski definition) is 4. The van der Waals surface area contributed by atoms with Gasteiger partial charge in [-0.15, -0.1) is 5.10 Å². The van der Waals surface area contributed by atoms with Crippen molar-refractivity contribution in [3.05, 3.63) is 82.0 Å². The van der Waals surface area contributed by atoms with Crippen LogP contribution in [-0.2, 0) is 0 Å². The second-order valence-corrected chi connectivity index (χ2v) is 4.86. The molecule has 1 heterocycles. The number of benzene rings is 2. The van der Waals surface area contributed by atoms with Crippen LogP contribution in [0.1, 0.15) is 17.4 Å². The van der Waals surface area contributed by atoms with Crippen LogP contribution >= 0.6 is 0 Å². The van der Waals surface area contributed by atoms with Crippen molar-refractivity contribution in [3.63, 3.8) is 0 Å². The standard InChI is InChI=1S/C15H10F2N6O/c16-9-1-4-11(5-2-9)23-8-14(20-22-23)15(24)12-7-10(17)3-6-13(12)19-21-18/h1-8,15,24H. The molecule has 24 heavy (non-hydrogen) atoms. The fourth-order valence-electron chi connectivity index (χ4n) is 2.16. The third-order valence-corrected chi connectivity index (χ3v) is 3.32. The number of aliphatic hydroxyl groups excluding tert-OH is 1. The Labute approximate surface area is 134 Å². The predicted molar refractivity (Wildman–Crippen MR) is 80.6 cm³/mol. The lowest BCUT2D eigenvalue weighted by Crippen LogP contribution is -2.01. The van der Waals surface area contributed by atoms with Crippen LogP contribution in [-0.4, -0.2) is 20.1 Å². The Morgan fingerprint density at radius 1 is 1.12 bits per heavy atom. The number of azide groups is 1. The monoisotopic (exact) mass is 328 g/mol. The van der Waals surface area contributed by atoms with Gasteiger partial charge in [0.1, 0.15) is 23.4 Å². The molecule has 0 aliphatic carbocycles. The van der Waals surface area contributed by atoms with Crippen molar-refractivity contribution < 1.29 is 13.9 Å². The van der Waals surface area contributed by atoms with Crippen molar-refractivity contribution in [2.24, 2.45) is 5.11 Å². The lowest BCUT2D eigenvalue weighted by Gasteiger charge is -2.10. The van der Waals surface area contributed by atoms with Gasteiger partial charge in [0, 0.05) is 10.6 Å². The molecule has 0 fully saturated rings. The summed E-state index contributed by atoms with van der Waals surface area (Å²) in [4.78, 5) is 2.65. The summed E-state index contributed by atoms with van der Waals surface area (Å²) in [6.07, 6.45) is 0.0817. The topological polar surface area (TPSA) is 99.7 Å². The van der Waals surface area contributed by atoms with E-state index in [1.807, 2.05) is 0 Å². The molecule has 0 spiro atoms. The first-order chi connectivity index (χ1) is 11.6. The van der Waals surface area contributed by atoms with Gasteiger partial charge in [-0.05, 0) is 53.6 Å². The fourth-order valence-corrected chi connectivity index (χ4v) is 2.16. The van der Waals surface area contributed by atoms with Gasteiger partial charge in [0.25, 0.3) is 0 Å². The van der Waals surface area contributed by atoms with Crippen molar-refractivity contribution in [2.75, 3.05) is 0 Å². The van der Waals surface area contributed by atoms with Crippen LogP contribution in [0, 0.1) is 11.6 Å². The predicted octanol–water partition coefficient (Wildman–Crippen LogP) is 3.57. The first kappa shape index (κ1) is 15.6. The van der Waals surface area contributed by atoms with E-state index >= 15 is 0 Å². The molecule has 0 radical (unpaired) electrons. The number of nitrogens with zero attached hydrogens (tertiary/aromatic N) is 6. The largest absolute Gasteiger partial charge is 0.382 e. The summed E-state index contributed by atoms with van der Waals surface area (Å²) in [5.74, 6) is -0.982. The van der Waals surface area contributed by atoms with Crippen LogP contribution in [0.2, 0.25) is 0 Å². The molecule has 1 aromatic heterocycles. The Balaban J connectivity index is 1.97. The Morgan fingerprint density at radius 3 is 2.54 bits per heavy atom. The van der Waals surface area contributed by atoms with Crippen LogP contribution in [0.25, 0.3) is 16.1 Å². The highest BCUT2D eigenvalue weighted by Gasteiger charge is 2.19. The maximum absolute atomic E-state index is 13.4. The van der Waals surface area contributed by atoms with Gasteiger partial charge in [-0.25, -0.2) is 13.5 Å². The highest BCUT2D eigenvalue weighted by atomic mass is 19.1. The molecule has 2 aromatic carbocycles. The lowest BCUT2D eigenvalue weighted by atomic mass is 10.0. The molecule has 1 unspecified atom stereocenters. The first-order valence-electron chi connectivity index (χ1n) is 6.79. The van der Waals surface area contributed by atoms with E-state index in [0.29, 0.717) is 5.69 Å². The van der Waals surface area contributed by atoms with E-state index in [0.717, 1.165) is 12.1 Å². The number of aliphatic hydroxyl groups is 1. The van der Waals surface area contributed by atoms with Gasteiger partial charge in [0.2, 0.25) is 0 Å². The molecule has 7 nitrogen and oxygen atoms in total. The summed E-state index contributed by atoms with van der Waals surface area (Å²) in [5.41, 5.74) is 9.38. The first-order valence-corrected chi connectivity index (χ1v) is 6.79. The molecule has 0 aliphatic heterocycles. The molecule has 0 saturated carbocycles. The van der Waals surface area contributed by atoms with E-state index in [1.165, 1.54) is 41.2 Å². The van der Waals surface area contributed by atoms with E-state index in [-0.39, 0.29) is 16.9 Å². The zero-order valence-electron chi connectivity index (χ0n) is 12.1. The second kappa shape index (κ2) is 6.45. The number of rotatable bonds is 4. The van der Waals surface area contributed by atoms with Gasteiger partial charge in [-0.3, -0.25) is 0 Å². The quantitative estimate of drug-likeness (QED) is 0.450. The fraction of sp³-hybridized carbons (Fsp3) is 0.0667. The van der Waals surface area contributed by atoms with E-state index in [1.54, 1.807) is 0 Å². The zero-order chi connectivity index (χ0) is 17.1. The Morgan fingerprint density at radius 2 is 1.83 bits per heavy atom. The van der Waals surface area contributed by atoms with E-state index in [9.17, 15) is 13.9 Å². The minimum atomic E-state index is -1.34. The molecule has 0 saturated heterocycles. The minimum Gasteiger partial charge on any atom is -0.382 e. The Bertz CT molecular complexity index is 918. The summed E-state index contributed by atoms with van der Waals surface area (Å²) in [6.45, 7) is 0. The van der Waals surface area contributed by atoms with Gasteiger partial charge in [0.15, 0.2) is 0 Å². The highest BCUT2D eigenvalue weighted by molar-refractivity contribution is 5.49. The van der Waals surface area contributed by atoms with E-state index < -0.39 is 17.7 Å². The molecule has 0 aliphatic rings. The normalized spacial score (nSPS) is 11.8. The molecule has 0 bridgehead atoms. The number of aromatic nitrogens is 3. The minimum absolute atomic E-state index is 0.0685. The summed E-state index contributed by atoms with van der Waals surface area (Å²) in [7, 11) is 0. The van der Waals surface area contributed by atoms with Gasteiger partial charge >= 0.3 is 0 Å². The van der Waals surface area contributed by atoms with E-state index in [4.69, 9.17) is 5.53 Å². The molecular weight excluding hydrogens is 318 g/mol. The van der Waals surface area contributed by atoms with Crippen molar-refractivity contribution in [2.45, 2.75) is 6.10 Å².